The summed E-state index contributed by atoms with van der Waals surface area (Å²) >= 11 is 0. The maximum atomic E-state index is 11.8. The first kappa shape index (κ1) is 33.4. The molecule has 0 saturated carbocycles. The highest BCUT2D eigenvalue weighted by molar-refractivity contribution is 7.46. The summed E-state index contributed by atoms with van der Waals surface area (Å²) in [6, 6.07) is -1.13. The number of unbranched alkanes of at least 4 members (excludes halogenated alkanes) is 5. The van der Waals surface area contributed by atoms with E-state index in [4.69, 9.17) is 28.7 Å². The lowest BCUT2D eigenvalue weighted by atomic mass is 9.95. The van der Waals surface area contributed by atoms with Gasteiger partial charge in [0.1, 0.15) is 48.8 Å². The molecule has 2 saturated heterocycles. The van der Waals surface area contributed by atoms with Crippen molar-refractivity contribution >= 4 is 13.7 Å². The Morgan fingerprint density at radius 3 is 2.13 bits per heavy atom. The van der Waals surface area contributed by atoms with Crippen molar-refractivity contribution in [3.8, 4) is 0 Å². The van der Waals surface area contributed by atoms with Crippen LogP contribution in [0, 0.1) is 0 Å². The molecule has 0 aromatic carbocycles. The fourth-order valence-corrected chi connectivity index (χ4v) is 4.68. The molecule has 10 atom stereocenters. The number of rotatable bonds is 15. The largest absolute Gasteiger partial charge is 0.469 e. The number of phosphoric acid groups is 1. The van der Waals surface area contributed by atoms with Crippen molar-refractivity contribution in [2.24, 2.45) is 0 Å². The fourth-order valence-electron chi connectivity index (χ4n) is 4.34. The van der Waals surface area contributed by atoms with Crippen molar-refractivity contribution in [2.45, 2.75) is 114 Å². The highest BCUT2D eigenvalue weighted by Gasteiger charge is 2.51. The molecule has 0 aromatic rings. The van der Waals surface area contributed by atoms with E-state index >= 15 is 0 Å². The maximum Gasteiger partial charge on any atom is 0.469 e. The van der Waals surface area contributed by atoms with Crippen LogP contribution in [-0.2, 0) is 32.8 Å². The van der Waals surface area contributed by atoms with E-state index in [1.807, 2.05) is 0 Å². The Labute approximate surface area is 221 Å². The highest BCUT2D eigenvalue weighted by atomic mass is 31.2. The van der Waals surface area contributed by atoms with Gasteiger partial charge in [-0.3, -0.25) is 9.32 Å². The molecule has 15 nitrogen and oxygen atoms in total. The Balaban J connectivity index is 2.09. The van der Waals surface area contributed by atoms with Gasteiger partial charge in [0, 0.05) is 13.5 Å². The molecule has 1 amide bonds. The quantitative estimate of drug-likeness (QED) is 0.0799. The van der Waals surface area contributed by atoms with Gasteiger partial charge in [0.15, 0.2) is 12.6 Å². The zero-order chi connectivity index (χ0) is 28.5. The lowest BCUT2D eigenvalue weighted by Gasteiger charge is -2.47. The van der Waals surface area contributed by atoms with Gasteiger partial charge in [0.05, 0.1) is 13.2 Å². The predicted molar refractivity (Wildman–Crippen MR) is 128 cm³/mol. The average Bonchev–Trinajstić information content (AvgIpc) is 2.85. The maximum absolute atomic E-state index is 11.8. The van der Waals surface area contributed by atoms with E-state index in [9.17, 15) is 34.9 Å². The summed E-state index contributed by atoms with van der Waals surface area (Å²) in [6.07, 6.45) is -8.01. The molecule has 0 radical (unpaired) electrons. The molecule has 2 heterocycles. The average molecular weight is 576 g/mol. The highest BCUT2D eigenvalue weighted by Crippen LogP contribution is 2.37. The summed E-state index contributed by atoms with van der Waals surface area (Å²) in [5, 5.41) is 54.2. The molecule has 2 rings (SSSR count). The third kappa shape index (κ3) is 10.0. The van der Waals surface area contributed by atoms with Crippen LogP contribution in [-0.4, -0.2) is 122 Å². The van der Waals surface area contributed by atoms with Crippen LogP contribution in [0.4, 0.5) is 0 Å². The molecule has 0 aliphatic carbocycles. The Morgan fingerprint density at radius 2 is 1.53 bits per heavy atom. The zero-order valence-corrected chi connectivity index (χ0v) is 22.5. The Kier molecular flexibility index (Phi) is 14.0. The SMILES string of the molecule is CCCCCCCCO[C@@H]1O[C@H](CO)[C@@H](O[C@@H]2O[C@H](COP(=O)(O)O)[C@H](O)[C@H](O)[C@H]2O)[C@H](O)[C@H]1NC(C)=O. The third-order valence-corrected chi connectivity index (χ3v) is 6.86. The van der Waals surface area contributed by atoms with E-state index in [0.29, 0.717) is 0 Å². The van der Waals surface area contributed by atoms with Gasteiger partial charge in [0.25, 0.3) is 0 Å². The number of phosphoric ester groups is 1. The van der Waals surface area contributed by atoms with Gasteiger partial charge in [-0.05, 0) is 6.42 Å². The van der Waals surface area contributed by atoms with Gasteiger partial charge < -0.3 is 59.6 Å². The summed E-state index contributed by atoms with van der Waals surface area (Å²) in [6.45, 7) is 2.11. The number of carbonyl (C=O) groups excluding carboxylic acids is 1. The van der Waals surface area contributed by atoms with Crippen LogP contribution in [0.15, 0.2) is 0 Å². The first-order chi connectivity index (χ1) is 17.9. The molecule has 0 aromatic heterocycles. The molecular weight excluding hydrogens is 533 g/mol. The summed E-state index contributed by atoms with van der Waals surface area (Å²) in [7, 11) is -4.94. The van der Waals surface area contributed by atoms with Gasteiger partial charge in [-0.1, -0.05) is 39.0 Å². The lowest BCUT2D eigenvalue weighted by Crippen LogP contribution is -2.67. The van der Waals surface area contributed by atoms with Gasteiger partial charge in [-0.15, -0.1) is 0 Å². The fraction of sp³-hybridized carbons (Fsp3) is 0.955. The van der Waals surface area contributed by atoms with Gasteiger partial charge >= 0.3 is 7.82 Å². The Morgan fingerprint density at radius 1 is 0.895 bits per heavy atom. The van der Waals surface area contributed by atoms with Crippen LogP contribution in [0.1, 0.15) is 52.4 Å². The van der Waals surface area contributed by atoms with E-state index < -0.39 is 88.3 Å². The Bertz CT molecular complexity index is 756. The molecule has 38 heavy (non-hydrogen) atoms. The van der Waals surface area contributed by atoms with Crippen molar-refractivity contribution in [3.63, 3.8) is 0 Å². The minimum atomic E-state index is -4.94. The normalized spacial score (nSPS) is 36.2. The second-order valence-corrected chi connectivity index (χ2v) is 10.7. The molecule has 2 aliphatic heterocycles. The van der Waals surface area contributed by atoms with Crippen molar-refractivity contribution in [3.05, 3.63) is 0 Å². The van der Waals surface area contributed by atoms with Gasteiger partial charge in [-0.25, -0.2) is 4.57 Å². The van der Waals surface area contributed by atoms with E-state index in [-0.39, 0.29) is 6.61 Å². The van der Waals surface area contributed by atoms with Crippen LogP contribution in [0.3, 0.4) is 0 Å². The smallest absolute Gasteiger partial charge is 0.394 e. The third-order valence-electron chi connectivity index (χ3n) is 6.37. The van der Waals surface area contributed by atoms with Crippen LogP contribution in [0.5, 0.6) is 0 Å². The van der Waals surface area contributed by atoms with Crippen LogP contribution < -0.4 is 5.32 Å². The van der Waals surface area contributed by atoms with Crippen molar-refractivity contribution < 1.29 is 68.2 Å². The topological polar surface area (TPSA) is 234 Å². The summed E-state index contributed by atoms with van der Waals surface area (Å²) in [5.74, 6) is -0.505. The monoisotopic (exact) mass is 575 g/mol. The minimum Gasteiger partial charge on any atom is -0.394 e. The molecular formula is C22H42NO14P. The Hall–Kier alpha value is -0.780. The number of hydrogen-bond acceptors (Lipinski definition) is 12. The number of nitrogens with one attached hydrogen (secondary N) is 1. The first-order valence-corrected chi connectivity index (χ1v) is 14.3. The van der Waals surface area contributed by atoms with Crippen molar-refractivity contribution in [1.29, 1.82) is 0 Å². The number of hydrogen-bond donors (Lipinski definition) is 8. The first-order valence-electron chi connectivity index (χ1n) is 12.8. The minimum absolute atomic E-state index is 0.277. The van der Waals surface area contributed by atoms with Crippen molar-refractivity contribution in [2.75, 3.05) is 19.8 Å². The molecule has 0 bridgehead atoms. The van der Waals surface area contributed by atoms with E-state index in [2.05, 4.69) is 16.8 Å². The molecule has 16 heteroatoms. The van der Waals surface area contributed by atoms with Gasteiger partial charge in [0.2, 0.25) is 5.91 Å². The number of aliphatic hydroxyl groups excluding tert-OH is 5. The molecule has 224 valence electrons. The van der Waals surface area contributed by atoms with Crippen molar-refractivity contribution in [1.82, 2.24) is 5.32 Å². The summed E-state index contributed by atoms with van der Waals surface area (Å²) in [4.78, 5) is 29.7. The number of carbonyl (C=O) groups is 1. The zero-order valence-electron chi connectivity index (χ0n) is 21.6. The van der Waals surface area contributed by atoms with E-state index in [0.717, 1.165) is 38.5 Å². The molecule has 0 unspecified atom stereocenters. The summed E-state index contributed by atoms with van der Waals surface area (Å²) in [5.41, 5.74) is 0. The van der Waals surface area contributed by atoms with E-state index in [1.165, 1.54) is 6.92 Å². The van der Waals surface area contributed by atoms with Gasteiger partial charge in [-0.2, -0.15) is 0 Å². The molecule has 2 aliphatic rings. The molecule has 2 fully saturated rings. The number of aliphatic hydroxyl groups is 5. The second-order valence-electron chi connectivity index (χ2n) is 9.48. The van der Waals surface area contributed by atoms with Crippen LogP contribution in [0.2, 0.25) is 0 Å². The van der Waals surface area contributed by atoms with Crippen LogP contribution in [0.25, 0.3) is 0 Å². The molecule has 0 spiro atoms. The lowest BCUT2D eigenvalue weighted by molar-refractivity contribution is -0.348. The second kappa shape index (κ2) is 15.9. The molecule has 8 N–H and O–H groups in total. The summed E-state index contributed by atoms with van der Waals surface area (Å²) < 4.78 is 37.9. The number of amides is 1. The predicted octanol–water partition coefficient (Wildman–Crippen LogP) is -1.75. The standard InChI is InChI=1S/C22H42NO14P/c1-3-4-5-6-7-8-9-33-21-15(23-12(2)25)17(27)20(13(10-24)35-21)37-22-19(29)18(28)16(26)14(36-22)11-34-38(30,31)32/h13-22,24,26-29H,3-11H2,1-2H3,(H,23,25)(H2,30,31,32)/t13-,14-,15-,16+,17-,18+,19-,20-,21-,22+/m1/s1. The number of ether oxygens (including phenoxy) is 4. The van der Waals surface area contributed by atoms with Crippen LogP contribution >= 0.6 is 7.82 Å². The van der Waals surface area contributed by atoms with E-state index in [1.54, 1.807) is 0 Å².